The molecule has 3 N–H and O–H groups in total. The van der Waals surface area contributed by atoms with Crippen molar-refractivity contribution in [3.05, 3.63) is 34.9 Å². The summed E-state index contributed by atoms with van der Waals surface area (Å²) in [5, 5.41) is 10.1. The third-order valence-corrected chi connectivity index (χ3v) is 2.65. The van der Waals surface area contributed by atoms with E-state index >= 15 is 0 Å². The van der Waals surface area contributed by atoms with Gasteiger partial charge in [0, 0.05) is 0 Å². The molecule has 0 spiro atoms. The molecular formula is C13H19NO3. The number of aliphatic hydroxyl groups excluding tert-OH is 1. The molecule has 1 rings (SSSR count). The Balaban J connectivity index is 2.91. The van der Waals surface area contributed by atoms with Crippen molar-refractivity contribution < 1.29 is 14.6 Å². The van der Waals surface area contributed by atoms with E-state index in [1.807, 2.05) is 32.0 Å². The van der Waals surface area contributed by atoms with Gasteiger partial charge in [-0.15, -0.1) is 0 Å². The van der Waals surface area contributed by atoms with E-state index in [1.54, 1.807) is 6.92 Å². The molecule has 0 bridgehead atoms. The standard InChI is InChI=1S/C13H19NO3/c1-4-17-13(16)11(14)12(15)10-7-8(2)5-6-9(10)3/h5-7,11-12,15H,4,14H2,1-3H3. The van der Waals surface area contributed by atoms with Crippen LogP contribution in [0.4, 0.5) is 0 Å². The van der Waals surface area contributed by atoms with Crippen LogP contribution in [0.1, 0.15) is 29.7 Å². The summed E-state index contributed by atoms with van der Waals surface area (Å²) in [6.07, 6.45) is -1.03. The Labute approximate surface area is 101 Å². The number of benzene rings is 1. The van der Waals surface area contributed by atoms with Crippen LogP contribution in [-0.2, 0) is 9.53 Å². The summed E-state index contributed by atoms with van der Waals surface area (Å²) >= 11 is 0. The second kappa shape index (κ2) is 5.80. The maximum atomic E-state index is 11.4. The van der Waals surface area contributed by atoms with Gasteiger partial charge in [0.1, 0.15) is 12.1 Å². The van der Waals surface area contributed by atoms with E-state index in [4.69, 9.17) is 10.5 Å². The van der Waals surface area contributed by atoms with Crippen molar-refractivity contribution in [3.8, 4) is 0 Å². The third-order valence-electron chi connectivity index (χ3n) is 2.65. The van der Waals surface area contributed by atoms with Crippen LogP contribution in [0.3, 0.4) is 0 Å². The first-order valence-corrected chi connectivity index (χ1v) is 5.64. The molecule has 4 heteroatoms. The summed E-state index contributed by atoms with van der Waals surface area (Å²) < 4.78 is 4.79. The highest BCUT2D eigenvalue weighted by Gasteiger charge is 2.26. The molecule has 0 aliphatic heterocycles. The second-order valence-electron chi connectivity index (χ2n) is 4.08. The third kappa shape index (κ3) is 3.28. The molecule has 2 unspecified atom stereocenters. The number of aliphatic hydroxyl groups is 1. The Morgan fingerprint density at radius 3 is 2.71 bits per heavy atom. The summed E-state index contributed by atoms with van der Waals surface area (Å²) in [7, 11) is 0. The number of hydrogen-bond acceptors (Lipinski definition) is 4. The zero-order valence-corrected chi connectivity index (χ0v) is 10.4. The molecule has 0 aliphatic carbocycles. The zero-order chi connectivity index (χ0) is 13.0. The number of hydrogen-bond donors (Lipinski definition) is 2. The molecule has 0 fully saturated rings. The van der Waals surface area contributed by atoms with Crippen LogP contribution < -0.4 is 5.73 Å². The quantitative estimate of drug-likeness (QED) is 0.772. The number of esters is 1. The fraction of sp³-hybridized carbons (Fsp3) is 0.462. The predicted molar refractivity (Wildman–Crippen MR) is 65.5 cm³/mol. The fourth-order valence-corrected chi connectivity index (χ4v) is 1.64. The lowest BCUT2D eigenvalue weighted by molar-refractivity contribution is -0.147. The van der Waals surface area contributed by atoms with Crippen LogP contribution in [0.5, 0.6) is 0 Å². The molecule has 0 saturated carbocycles. The van der Waals surface area contributed by atoms with Crippen molar-refractivity contribution >= 4 is 5.97 Å². The molecule has 2 atom stereocenters. The van der Waals surface area contributed by atoms with Gasteiger partial charge in [-0.3, -0.25) is 4.79 Å². The van der Waals surface area contributed by atoms with E-state index in [0.29, 0.717) is 5.56 Å². The Morgan fingerprint density at radius 1 is 1.47 bits per heavy atom. The van der Waals surface area contributed by atoms with E-state index < -0.39 is 18.1 Å². The van der Waals surface area contributed by atoms with Gasteiger partial charge in [0.05, 0.1) is 6.61 Å². The maximum absolute atomic E-state index is 11.4. The summed E-state index contributed by atoms with van der Waals surface area (Å²) in [5.74, 6) is -0.582. The molecule has 0 radical (unpaired) electrons. The van der Waals surface area contributed by atoms with Gasteiger partial charge in [-0.05, 0) is 31.9 Å². The van der Waals surface area contributed by atoms with E-state index in [2.05, 4.69) is 0 Å². The summed E-state index contributed by atoms with van der Waals surface area (Å²) in [6.45, 7) is 5.75. The second-order valence-corrected chi connectivity index (χ2v) is 4.08. The first kappa shape index (κ1) is 13.7. The van der Waals surface area contributed by atoms with Crippen LogP contribution in [-0.4, -0.2) is 23.7 Å². The molecule has 1 aromatic carbocycles. The molecule has 0 aliphatic rings. The average molecular weight is 237 g/mol. The van der Waals surface area contributed by atoms with E-state index in [0.717, 1.165) is 11.1 Å². The van der Waals surface area contributed by atoms with Crippen molar-refractivity contribution in [1.82, 2.24) is 0 Å². The van der Waals surface area contributed by atoms with Crippen LogP contribution in [0.15, 0.2) is 18.2 Å². The van der Waals surface area contributed by atoms with Gasteiger partial charge in [0.15, 0.2) is 0 Å². The number of carbonyl (C=O) groups excluding carboxylic acids is 1. The largest absolute Gasteiger partial charge is 0.465 e. The van der Waals surface area contributed by atoms with Crippen molar-refractivity contribution in [2.45, 2.75) is 32.9 Å². The van der Waals surface area contributed by atoms with Crippen LogP contribution in [0, 0.1) is 13.8 Å². The fourth-order valence-electron chi connectivity index (χ4n) is 1.64. The van der Waals surface area contributed by atoms with Crippen molar-refractivity contribution in [2.24, 2.45) is 5.73 Å². The minimum absolute atomic E-state index is 0.256. The van der Waals surface area contributed by atoms with Crippen molar-refractivity contribution in [2.75, 3.05) is 6.61 Å². The molecule has 0 aromatic heterocycles. The maximum Gasteiger partial charge on any atom is 0.325 e. The highest BCUT2D eigenvalue weighted by Crippen LogP contribution is 2.21. The van der Waals surface area contributed by atoms with E-state index in [1.165, 1.54) is 0 Å². The van der Waals surface area contributed by atoms with Gasteiger partial charge >= 0.3 is 5.97 Å². The molecule has 94 valence electrons. The lowest BCUT2D eigenvalue weighted by atomic mass is 9.96. The SMILES string of the molecule is CCOC(=O)C(N)C(O)c1cc(C)ccc1C. The molecular weight excluding hydrogens is 218 g/mol. The summed E-state index contributed by atoms with van der Waals surface area (Å²) in [5.41, 5.74) is 8.27. The molecule has 4 nitrogen and oxygen atoms in total. The van der Waals surface area contributed by atoms with Crippen LogP contribution in [0.2, 0.25) is 0 Å². The monoisotopic (exact) mass is 237 g/mol. The van der Waals surface area contributed by atoms with Crippen LogP contribution in [0.25, 0.3) is 0 Å². The average Bonchev–Trinajstić information content (AvgIpc) is 2.30. The van der Waals surface area contributed by atoms with Gasteiger partial charge in [0.2, 0.25) is 0 Å². The highest BCUT2D eigenvalue weighted by atomic mass is 16.5. The Hall–Kier alpha value is -1.39. The lowest BCUT2D eigenvalue weighted by Crippen LogP contribution is -2.38. The Morgan fingerprint density at radius 2 is 2.12 bits per heavy atom. The highest BCUT2D eigenvalue weighted by molar-refractivity contribution is 5.76. The number of aryl methyl sites for hydroxylation is 2. The van der Waals surface area contributed by atoms with Gasteiger partial charge < -0.3 is 15.6 Å². The number of ether oxygens (including phenoxy) is 1. The van der Waals surface area contributed by atoms with Gasteiger partial charge in [-0.2, -0.15) is 0 Å². The Kier molecular flexibility index (Phi) is 4.66. The Bertz CT molecular complexity index is 404. The van der Waals surface area contributed by atoms with Gasteiger partial charge in [-0.25, -0.2) is 0 Å². The molecule has 0 saturated heterocycles. The minimum atomic E-state index is -1.05. The minimum Gasteiger partial charge on any atom is -0.465 e. The molecule has 0 amide bonds. The summed E-state index contributed by atoms with van der Waals surface area (Å²) in [6, 6.07) is 4.63. The first-order chi connectivity index (χ1) is 7.97. The molecule has 0 heterocycles. The smallest absolute Gasteiger partial charge is 0.325 e. The summed E-state index contributed by atoms with van der Waals surface area (Å²) in [4.78, 5) is 11.4. The first-order valence-electron chi connectivity index (χ1n) is 5.64. The number of carbonyl (C=O) groups is 1. The molecule has 1 aromatic rings. The van der Waals surface area contributed by atoms with E-state index in [-0.39, 0.29) is 6.61 Å². The van der Waals surface area contributed by atoms with Crippen LogP contribution >= 0.6 is 0 Å². The zero-order valence-electron chi connectivity index (χ0n) is 10.4. The number of nitrogens with two attached hydrogens (primary N) is 1. The lowest BCUT2D eigenvalue weighted by Gasteiger charge is -2.19. The number of rotatable bonds is 4. The van der Waals surface area contributed by atoms with Gasteiger partial charge in [-0.1, -0.05) is 23.8 Å². The predicted octanol–water partition coefficient (Wildman–Crippen LogP) is 1.23. The van der Waals surface area contributed by atoms with Crippen molar-refractivity contribution in [3.63, 3.8) is 0 Å². The van der Waals surface area contributed by atoms with Crippen molar-refractivity contribution in [1.29, 1.82) is 0 Å². The van der Waals surface area contributed by atoms with Gasteiger partial charge in [0.25, 0.3) is 0 Å². The topological polar surface area (TPSA) is 72.5 Å². The molecule has 17 heavy (non-hydrogen) atoms. The van der Waals surface area contributed by atoms with E-state index in [9.17, 15) is 9.90 Å². The normalized spacial score (nSPS) is 14.2.